The van der Waals surface area contributed by atoms with Crippen molar-refractivity contribution in [2.75, 3.05) is 13.2 Å². The summed E-state index contributed by atoms with van der Waals surface area (Å²) in [5, 5.41) is 0. The van der Waals surface area contributed by atoms with Crippen molar-refractivity contribution in [3.63, 3.8) is 0 Å². The lowest BCUT2D eigenvalue weighted by molar-refractivity contribution is 0.176. The monoisotopic (exact) mass is 233 g/mol. The maximum atomic E-state index is 6.19. The molecule has 2 rings (SSSR count). The zero-order chi connectivity index (χ0) is 12.1. The van der Waals surface area contributed by atoms with Crippen LogP contribution in [0.15, 0.2) is 36.1 Å². The topological polar surface area (TPSA) is 44.5 Å². The number of nitrogens with two attached hydrogens (primary N) is 1. The van der Waals surface area contributed by atoms with Crippen LogP contribution in [-0.4, -0.2) is 13.2 Å². The Balaban J connectivity index is 2.15. The van der Waals surface area contributed by atoms with Gasteiger partial charge in [0.05, 0.1) is 19.3 Å². The van der Waals surface area contributed by atoms with Crippen LogP contribution in [0.4, 0.5) is 0 Å². The van der Waals surface area contributed by atoms with Gasteiger partial charge in [0, 0.05) is 0 Å². The van der Waals surface area contributed by atoms with Gasteiger partial charge in [-0.15, -0.1) is 0 Å². The molecule has 1 aliphatic rings. The number of benzene rings is 1. The molecule has 0 saturated carbocycles. The van der Waals surface area contributed by atoms with Crippen molar-refractivity contribution in [3.8, 4) is 5.75 Å². The van der Waals surface area contributed by atoms with Crippen molar-refractivity contribution in [2.24, 2.45) is 5.73 Å². The summed E-state index contributed by atoms with van der Waals surface area (Å²) < 4.78 is 11.1. The lowest BCUT2D eigenvalue weighted by Crippen LogP contribution is -2.17. The third-order valence-electron chi connectivity index (χ3n) is 2.80. The van der Waals surface area contributed by atoms with Gasteiger partial charge in [0.1, 0.15) is 11.5 Å². The van der Waals surface area contributed by atoms with E-state index in [-0.39, 0.29) is 6.04 Å². The molecule has 0 saturated heterocycles. The van der Waals surface area contributed by atoms with E-state index in [0.29, 0.717) is 6.61 Å². The van der Waals surface area contributed by atoms with Crippen LogP contribution < -0.4 is 10.5 Å². The number of rotatable bonds is 4. The number of hydrogen-bond acceptors (Lipinski definition) is 3. The fraction of sp³-hybridized carbons (Fsp3) is 0.429. The van der Waals surface area contributed by atoms with E-state index in [2.05, 4.69) is 6.08 Å². The van der Waals surface area contributed by atoms with Gasteiger partial charge in [-0.25, -0.2) is 0 Å². The summed E-state index contributed by atoms with van der Waals surface area (Å²) in [7, 11) is 0. The van der Waals surface area contributed by atoms with Gasteiger partial charge in [0.2, 0.25) is 0 Å². The molecule has 1 aromatic carbocycles. The van der Waals surface area contributed by atoms with Crippen molar-refractivity contribution in [2.45, 2.75) is 25.8 Å². The van der Waals surface area contributed by atoms with E-state index < -0.39 is 0 Å². The van der Waals surface area contributed by atoms with Gasteiger partial charge in [0.25, 0.3) is 0 Å². The minimum absolute atomic E-state index is 0.185. The van der Waals surface area contributed by atoms with Gasteiger partial charge in [-0.05, 0) is 43.5 Å². The summed E-state index contributed by atoms with van der Waals surface area (Å²) >= 11 is 0. The van der Waals surface area contributed by atoms with Gasteiger partial charge in [-0.2, -0.15) is 0 Å². The Hall–Kier alpha value is -1.48. The third-order valence-corrected chi connectivity index (χ3v) is 2.80. The second-order valence-corrected chi connectivity index (χ2v) is 4.08. The molecular formula is C14H19NO2. The average Bonchev–Trinajstić information content (AvgIpc) is 2.40. The lowest BCUT2D eigenvalue weighted by atomic mass is 10.0. The van der Waals surface area contributed by atoms with Crippen molar-refractivity contribution in [1.82, 2.24) is 0 Å². The maximum Gasteiger partial charge on any atom is 0.119 e. The van der Waals surface area contributed by atoms with Gasteiger partial charge < -0.3 is 15.2 Å². The standard InChI is InChI=1S/C14H19NO2/c1-2-16-12-7-5-6-11(10-12)14(15)13-8-3-4-9-17-13/h5-8,10,14H,2-4,9,15H2,1H3. The number of allylic oxidation sites excluding steroid dienone is 1. The molecule has 1 unspecified atom stereocenters. The van der Waals surface area contributed by atoms with Crippen LogP contribution >= 0.6 is 0 Å². The average molecular weight is 233 g/mol. The van der Waals surface area contributed by atoms with Crippen LogP contribution in [0.5, 0.6) is 5.75 Å². The van der Waals surface area contributed by atoms with Gasteiger partial charge in [-0.1, -0.05) is 12.1 Å². The maximum absolute atomic E-state index is 6.19. The summed E-state index contributed by atoms with van der Waals surface area (Å²) in [5.74, 6) is 1.74. The molecule has 1 heterocycles. The van der Waals surface area contributed by atoms with E-state index in [1.807, 2.05) is 31.2 Å². The smallest absolute Gasteiger partial charge is 0.119 e. The zero-order valence-corrected chi connectivity index (χ0v) is 10.2. The van der Waals surface area contributed by atoms with E-state index in [1.54, 1.807) is 0 Å². The highest BCUT2D eigenvalue weighted by molar-refractivity contribution is 5.33. The second kappa shape index (κ2) is 5.73. The predicted octanol–water partition coefficient (Wildman–Crippen LogP) is 2.78. The Kier molecular flexibility index (Phi) is 4.04. The van der Waals surface area contributed by atoms with Crippen LogP contribution in [0.25, 0.3) is 0 Å². The van der Waals surface area contributed by atoms with E-state index in [9.17, 15) is 0 Å². The summed E-state index contributed by atoms with van der Waals surface area (Å²) in [6, 6.07) is 7.70. The molecule has 1 aliphatic heterocycles. The third kappa shape index (κ3) is 3.01. The molecule has 0 aromatic heterocycles. The highest BCUT2D eigenvalue weighted by Crippen LogP contribution is 2.26. The first-order valence-corrected chi connectivity index (χ1v) is 6.12. The van der Waals surface area contributed by atoms with E-state index in [0.717, 1.165) is 36.5 Å². The SMILES string of the molecule is CCOc1cccc(C(N)C2=CCCCO2)c1. The van der Waals surface area contributed by atoms with Crippen molar-refractivity contribution < 1.29 is 9.47 Å². The number of hydrogen-bond donors (Lipinski definition) is 1. The molecule has 92 valence electrons. The molecule has 3 heteroatoms. The number of ether oxygens (including phenoxy) is 2. The molecule has 3 nitrogen and oxygen atoms in total. The van der Waals surface area contributed by atoms with E-state index in [1.165, 1.54) is 0 Å². The summed E-state index contributed by atoms with van der Waals surface area (Å²) in [6.45, 7) is 3.40. The van der Waals surface area contributed by atoms with Crippen LogP contribution in [0, 0.1) is 0 Å². The largest absolute Gasteiger partial charge is 0.496 e. The quantitative estimate of drug-likeness (QED) is 0.869. The highest BCUT2D eigenvalue weighted by atomic mass is 16.5. The normalized spacial score (nSPS) is 16.9. The minimum Gasteiger partial charge on any atom is -0.496 e. The summed E-state index contributed by atoms with van der Waals surface area (Å²) in [6.07, 6.45) is 4.21. The van der Waals surface area contributed by atoms with Crippen LogP contribution in [-0.2, 0) is 4.74 Å². The molecule has 2 N–H and O–H groups in total. The van der Waals surface area contributed by atoms with E-state index in [4.69, 9.17) is 15.2 Å². The minimum atomic E-state index is -0.185. The fourth-order valence-electron chi connectivity index (χ4n) is 1.92. The van der Waals surface area contributed by atoms with Crippen LogP contribution in [0.1, 0.15) is 31.4 Å². The second-order valence-electron chi connectivity index (χ2n) is 4.08. The highest BCUT2D eigenvalue weighted by Gasteiger charge is 2.15. The summed E-state index contributed by atoms with van der Waals surface area (Å²) in [5.41, 5.74) is 7.22. The molecule has 0 amide bonds. The Morgan fingerprint density at radius 2 is 2.35 bits per heavy atom. The van der Waals surface area contributed by atoms with E-state index >= 15 is 0 Å². The molecule has 0 radical (unpaired) electrons. The molecule has 0 spiro atoms. The zero-order valence-electron chi connectivity index (χ0n) is 10.2. The van der Waals surface area contributed by atoms with Crippen molar-refractivity contribution in [1.29, 1.82) is 0 Å². The fourth-order valence-corrected chi connectivity index (χ4v) is 1.92. The first kappa shape index (κ1) is 12.0. The first-order chi connectivity index (χ1) is 8.31. The molecule has 1 aromatic rings. The molecule has 17 heavy (non-hydrogen) atoms. The van der Waals surface area contributed by atoms with Crippen LogP contribution in [0.2, 0.25) is 0 Å². The Morgan fingerprint density at radius 3 is 3.06 bits per heavy atom. The van der Waals surface area contributed by atoms with Crippen LogP contribution in [0.3, 0.4) is 0 Å². The molecule has 1 atom stereocenters. The molecule has 0 aliphatic carbocycles. The van der Waals surface area contributed by atoms with Gasteiger partial charge in [-0.3, -0.25) is 0 Å². The summed E-state index contributed by atoms with van der Waals surface area (Å²) in [4.78, 5) is 0. The van der Waals surface area contributed by atoms with Gasteiger partial charge in [0.15, 0.2) is 0 Å². The first-order valence-electron chi connectivity index (χ1n) is 6.12. The van der Waals surface area contributed by atoms with Crippen molar-refractivity contribution in [3.05, 3.63) is 41.7 Å². The molecular weight excluding hydrogens is 214 g/mol. The predicted molar refractivity (Wildman–Crippen MR) is 67.8 cm³/mol. The Labute approximate surface area is 102 Å². The lowest BCUT2D eigenvalue weighted by Gasteiger charge is -2.21. The Morgan fingerprint density at radius 1 is 1.47 bits per heavy atom. The van der Waals surface area contributed by atoms with Crippen molar-refractivity contribution >= 4 is 0 Å². The molecule has 0 bridgehead atoms. The van der Waals surface area contributed by atoms with Gasteiger partial charge >= 0.3 is 0 Å². The molecule has 0 fully saturated rings. The Bertz CT molecular complexity index is 401.